The molecule has 1 atom stereocenters. The van der Waals surface area contributed by atoms with Crippen LogP contribution < -0.4 is 10.6 Å². The monoisotopic (exact) mass is 386 g/mol. The molecule has 8 nitrogen and oxygen atoms in total. The molecule has 0 saturated carbocycles. The summed E-state index contributed by atoms with van der Waals surface area (Å²) in [7, 11) is 1.56. The number of carboxylic acid groups (broad SMARTS) is 1. The fraction of sp³-hybridized carbons (Fsp3) is 0.400. The Morgan fingerprint density at radius 1 is 1.21 bits per heavy atom. The van der Waals surface area contributed by atoms with Gasteiger partial charge in [0.2, 0.25) is 11.8 Å². The number of aromatic nitrogens is 2. The summed E-state index contributed by atoms with van der Waals surface area (Å²) in [4.78, 5) is 39.9. The molecule has 3 N–H and O–H groups in total. The van der Waals surface area contributed by atoms with Crippen LogP contribution in [0.1, 0.15) is 32.7 Å². The first-order valence-corrected chi connectivity index (χ1v) is 9.01. The summed E-state index contributed by atoms with van der Waals surface area (Å²) >= 11 is 0. The predicted octanol–water partition coefficient (Wildman–Crippen LogP) is 1.84. The summed E-state index contributed by atoms with van der Waals surface area (Å²) in [6.45, 7) is 3.99. The second kappa shape index (κ2) is 9.16. The average Bonchev–Trinajstić information content (AvgIpc) is 3.14. The van der Waals surface area contributed by atoms with Crippen molar-refractivity contribution in [2.75, 3.05) is 13.6 Å². The highest BCUT2D eigenvalue weighted by atomic mass is 16.4. The topological polar surface area (TPSA) is 113 Å². The first-order chi connectivity index (χ1) is 13.2. The molecule has 0 aromatic carbocycles. The van der Waals surface area contributed by atoms with Crippen molar-refractivity contribution in [2.24, 2.45) is 5.41 Å². The van der Waals surface area contributed by atoms with Gasteiger partial charge in [-0.1, -0.05) is 13.8 Å². The summed E-state index contributed by atoms with van der Waals surface area (Å²) in [5, 5.41) is 14.7. The van der Waals surface area contributed by atoms with E-state index in [0.29, 0.717) is 0 Å². The van der Waals surface area contributed by atoms with E-state index < -0.39 is 23.3 Å². The highest BCUT2D eigenvalue weighted by Gasteiger charge is 2.28. The lowest BCUT2D eigenvalue weighted by atomic mass is 9.88. The van der Waals surface area contributed by atoms with Gasteiger partial charge in [-0.2, -0.15) is 0 Å². The Morgan fingerprint density at radius 3 is 2.50 bits per heavy atom. The van der Waals surface area contributed by atoms with Crippen LogP contribution in [0.4, 0.5) is 0 Å². The third-order valence-corrected chi connectivity index (χ3v) is 4.42. The van der Waals surface area contributed by atoms with Crippen molar-refractivity contribution >= 4 is 17.8 Å². The van der Waals surface area contributed by atoms with Crippen LogP contribution >= 0.6 is 0 Å². The molecule has 0 radical (unpaired) electrons. The van der Waals surface area contributed by atoms with E-state index in [-0.39, 0.29) is 25.3 Å². The maximum Gasteiger partial charge on any atom is 0.306 e. The van der Waals surface area contributed by atoms with Crippen LogP contribution in [-0.4, -0.2) is 46.0 Å². The molecular weight excluding hydrogens is 360 g/mol. The van der Waals surface area contributed by atoms with E-state index in [1.54, 1.807) is 48.4 Å². The second-order valence-corrected chi connectivity index (χ2v) is 7.38. The number of aliphatic carboxylic acids is 1. The van der Waals surface area contributed by atoms with Gasteiger partial charge >= 0.3 is 5.97 Å². The summed E-state index contributed by atoms with van der Waals surface area (Å²) in [6, 6.07) is 6.29. The van der Waals surface area contributed by atoms with Crippen molar-refractivity contribution < 1.29 is 19.5 Å². The number of carbonyl (C=O) groups is 3. The van der Waals surface area contributed by atoms with Gasteiger partial charge in [-0.25, -0.2) is 0 Å². The minimum absolute atomic E-state index is 0.119. The highest BCUT2D eigenvalue weighted by Crippen LogP contribution is 2.26. The zero-order chi connectivity index (χ0) is 20.7. The van der Waals surface area contributed by atoms with Crippen molar-refractivity contribution in [3.63, 3.8) is 0 Å². The van der Waals surface area contributed by atoms with Crippen molar-refractivity contribution in [3.05, 3.63) is 42.9 Å². The van der Waals surface area contributed by atoms with E-state index in [9.17, 15) is 19.5 Å². The molecule has 28 heavy (non-hydrogen) atoms. The predicted molar refractivity (Wildman–Crippen MR) is 104 cm³/mol. The van der Waals surface area contributed by atoms with Crippen LogP contribution in [0, 0.1) is 5.41 Å². The number of nitrogens with one attached hydrogen (secondary N) is 2. The van der Waals surface area contributed by atoms with Gasteiger partial charge in [-0.15, -0.1) is 0 Å². The molecule has 150 valence electrons. The van der Waals surface area contributed by atoms with E-state index in [1.165, 1.54) is 0 Å². The fourth-order valence-corrected chi connectivity index (χ4v) is 2.95. The van der Waals surface area contributed by atoms with Gasteiger partial charge in [0, 0.05) is 49.9 Å². The van der Waals surface area contributed by atoms with Crippen molar-refractivity contribution in [2.45, 2.75) is 32.7 Å². The van der Waals surface area contributed by atoms with Crippen LogP contribution in [-0.2, 0) is 14.4 Å². The van der Waals surface area contributed by atoms with E-state index in [4.69, 9.17) is 0 Å². The minimum atomic E-state index is -1.07. The van der Waals surface area contributed by atoms with E-state index in [0.717, 1.165) is 11.3 Å². The van der Waals surface area contributed by atoms with E-state index in [2.05, 4.69) is 15.6 Å². The third kappa shape index (κ3) is 5.67. The molecule has 0 aliphatic rings. The first-order valence-electron chi connectivity index (χ1n) is 9.01. The second-order valence-electron chi connectivity index (χ2n) is 7.38. The Balaban J connectivity index is 2.21. The zero-order valence-electron chi connectivity index (χ0n) is 16.3. The molecule has 8 heteroatoms. The molecule has 2 rings (SSSR count). The van der Waals surface area contributed by atoms with E-state index >= 15 is 0 Å². The van der Waals surface area contributed by atoms with Gasteiger partial charge < -0.3 is 20.3 Å². The Kier molecular flexibility index (Phi) is 6.92. The lowest BCUT2D eigenvalue weighted by molar-refractivity contribution is -0.140. The number of hydrogen-bond donors (Lipinski definition) is 3. The molecule has 0 aliphatic heterocycles. The minimum Gasteiger partial charge on any atom is -0.481 e. The van der Waals surface area contributed by atoms with Gasteiger partial charge in [-0.05, 0) is 29.7 Å². The Bertz CT molecular complexity index is 830. The molecule has 2 aromatic heterocycles. The van der Waals surface area contributed by atoms with Crippen molar-refractivity contribution in [1.29, 1.82) is 0 Å². The quantitative estimate of drug-likeness (QED) is 0.609. The largest absolute Gasteiger partial charge is 0.481 e. The highest BCUT2D eigenvalue weighted by molar-refractivity contribution is 5.85. The zero-order valence-corrected chi connectivity index (χ0v) is 16.3. The Morgan fingerprint density at radius 2 is 1.89 bits per heavy atom. The normalized spacial score (nSPS) is 12.2. The number of hydrogen-bond acceptors (Lipinski definition) is 4. The summed E-state index contributed by atoms with van der Waals surface area (Å²) in [6.07, 6.45) is 4.87. The summed E-state index contributed by atoms with van der Waals surface area (Å²) in [5.74, 6) is -1.59. The van der Waals surface area contributed by atoms with Crippen LogP contribution in [0.15, 0.2) is 42.9 Å². The fourth-order valence-electron chi connectivity index (χ4n) is 2.95. The van der Waals surface area contributed by atoms with Crippen LogP contribution in [0.25, 0.3) is 11.3 Å². The van der Waals surface area contributed by atoms with Gasteiger partial charge in [-0.3, -0.25) is 19.4 Å². The average molecular weight is 386 g/mol. The Hall–Kier alpha value is -3.16. The number of nitrogens with zero attached hydrogens (tertiary/aromatic N) is 2. The molecule has 2 aromatic rings. The van der Waals surface area contributed by atoms with Gasteiger partial charge in [0.05, 0.1) is 6.42 Å². The van der Waals surface area contributed by atoms with Gasteiger partial charge in [0.1, 0.15) is 6.04 Å². The molecule has 2 amide bonds. The molecule has 0 spiro atoms. The number of pyridine rings is 1. The lowest BCUT2D eigenvalue weighted by Crippen LogP contribution is -2.41. The van der Waals surface area contributed by atoms with E-state index in [1.807, 2.05) is 19.9 Å². The number of amides is 2. The summed E-state index contributed by atoms with van der Waals surface area (Å²) in [5.41, 5.74) is 1.10. The van der Waals surface area contributed by atoms with Crippen LogP contribution in [0.5, 0.6) is 0 Å². The number of carboxylic acids is 1. The molecule has 0 unspecified atom stereocenters. The van der Waals surface area contributed by atoms with Gasteiger partial charge in [0.15, 0.2) is 0 Å². The smallest absolute Gasteiger partial charge is 0.306 e. The molecule has 0 saturated heterocycles. The molecular formula is C20H26N4O4. The summed E-state index contributed by atoms with van der Waals surface area (Å²) < 4.78 is 1.66. The molecule has 2 heterocycles. The SMILES string of the molecule is CNC(=O)CC(C)(C)CNC(=O)[C@@H](CC(=O)O)n1cccc1-c1ccncc1. The Labute approximate surface area is 164 Å². The van der Waals surface area contributed by atoms with Crippen LogP contribution in [0.3, 0.4) is 0 Å². The standard InChI is InChI=1S/C20H26N4O4/c1-20(2,12-17(25)21-3)13-23-19(28)16(11-18(26)27)24-10-4-5-15(24)14-6-8-22-9-7-14/h4-10,16H,11-13H2,1-3H3,(H,21,25)(H,23,28)(H,26,27)/t16-/m1/s1. The maximum atomic E-state index is 12.9. The third-order valence-electron chi connectivity index (χ3n) is 4.42. The van der Waals surface area contributed by atoms with Crippen LogP contribution in [0.2, 0.25) is 0 Å². The number of carbonyl (C=O) groups excluding carboxylic acids is 2. The molecule has 0 bridgehead atoms. The molecule has 0 fully saturated rings. The number of rotatable bonds is 9. The molecule has 0 aliphatic carbocycles. The lowest BCUT2D eigenvalue weighted by Gasteiger charge is -2.26. The maximum absolute atomic E-state index is 12.9. The van der Waals surface area contributed by atoms with Crippen molar-refractivity contribution in [1.82, 2.24) is 20.2 Å². The first kappa shape index (κ1) is 21.1. The van der Waals surface area contributed by atoms with Crippen molar-refractivity contribution in [3.8, 4) is 11.3 Å². The van der Waals surface area contributed by atoms with Gasteiger partial charge in [0.25, 0.3) is 0 Å².